The van der Waals surface area contributed by atoms with Gasteiger partial charge in [0.2, 0.25) is 0 Å². The number of nitrogens with zero attached hydrogens (tertiary/aromatic N) is 1. The molecule has 1 amide bonds. The van der Waals surface area contributed by atoms with Crippen molar-refractivity contribution in [3.05, 3.63) is 64.1 Å². The van der Waals surface area contributed by atoms with Gasteiger partial charge in [-0.1, -0.05) is 28.1 Å². The highest BCUT2D eigenvalue weighted by Gasteiger charge is 2.33. The first-order valence-corrected chi connectivity index (χ1v) is 7.84. The van der Waals surface area contributed by atoms with E-state index in [0.29, 0.717) is 12.6 Å². The summed E-state index contributed by atoms with van der Waals surface area (Å²) < 4.78 is 0.979. The van der Waals surface area contributed by atoms with Gasteiger partial charge in [-0.2, -0.15) is 0 Å². The summed E-state index contributed by atoms with van der Waals surface area (Å²) in [4.78, 5) is 14.7. The van der Waals surface area contributed by atoms with Crippen LogP contribution in [0.5, 0.6) is 0 Å². The van der Waals surface area contributed by atoms with Crippen LogP contribution in [0.1, 0.15) is 28.8 Å². The molecule has 2 aromatic rings. The topological polar surface area (TPSA) is 46.3 Å². The van der Waals surface area contributed by atoms with Crippen molar-refractivity contribution in [2.45, 2.75) is 25.4 Å². The van der Waals surface area contributed by atoms with Crippen molar-refractivity contribution >= 4 is 27.5 Å². The standard InChI is InChI=1S/C17H17BrN2O/c18-14-6-4-13(5-7-14)17(21)20(16-8-9-16)11-12-2-1-3-15(19)10-12/h1-7,10,16H,8-9,11,19H2. The van der Waals surface area contributed by atoms with Crippen LogP contribution in [0.3, 0.4) is 0 Å². The van der Waals surface area contributed by atoms with Gasteiger partial charge in [-0.3, -0.25) is 4.79 Å². The minimum atomic E-state index is 0.0902. The van der Waals surface area contributed by atoms with Gasteiger partial charge in [0, 0.05) is 28.3 Å². The minimum Gasteiger partial charge on any atom is -0.399 e. The van der Waals surface area contributed by atoms with E-state index in [-0.39, 0.29) is 5.91 Å². The van der Waals surface area contributed by atoms with Crippen molar-refractivity contribution in [2.24, 2.45) is 0 Å². The fraction of sp³-hybridized carbons (Fsp3) is 0.235. The van der Waals surface area contributed by atoms with Gasteiger partial charge in [-0.25, -0.2) is 0 Å². The third-order valence-corrected chi connectivity index (χ3v) is 4.17. The van der Waals surface area contributed by atoms with Crippen molar-refractivity contribution in [3.8, 4) is 0 Å². The van der Waals surface area contributed by atoms with E-state index in [0.717, 1.165) is 34.1 Å². The molecule has 0 saturated heterocycles. The number of rotatable bonds is 4. The first-order chi connectivity index (χ1) is 10.1. The predicted molar refractivity (Wildman–Crippen MR) is 87.9 cm³/mol. The van der Waals surface area contributed by atoms with Crippen LogP contribution in [-0.2, 0) is 6.54 Å². The molecule has 0 atom stereocenters. The summed E-state index contributed by atoms with van der Waals surface area (Å²) in [7, 11) is 0. The molecular formula is C17H17BrN2O. The summed E-state index contributed by atoms with van der Waals surface area (Å²) in [6, 6.07) is 15.6. The Kier molecular flexibility index (Phi) is 3.97. The Bertz CT molecular complexity index is 650. The third-order valence-electron chi connectivity index (χ3n) is 3.64. The normalized spacial score (nSPS) is 14.0. The molecule has 108 valence electrons. The molecule has 0 spiro atoms. The Morgan fingerprint density at radius 3 is 2.52 bits per heavy atom. The number of hydrogen-bond donors (Lipinski definition) is 1. The first kappa shape index (κ1) is 14.1. The van der Waals surface area contributed by atoms with Gasteiger partial charge in [0.1, 0.15) is 0 Å². The van der Waals surface area contributed by atoms with Gasteiger partial charge in [-0.05, 0) is 54.8 Å². The van der Waals surface area contributed by atoms with Crippen LogP contribution in [0, 0.1) is 0 Å². The molecule has 2 aromatic carbocycles. The lowest BCUT2D eigenvalue weighted by atomic mass is 10.1. The fourth-order valence-electron chi connectivity index (χ4n) is 2.40. The molecule has 0 heterocycles. The Morgan fingerprint density at radius 2 is 1.90 bits per heavy atom. The maximum absolute atomic E-state index is 12.7. The largest absolute Gasteiger partial charge is 0.399 e. The summed E-state index contributed by atoms with van der Waals surface area (Å²) >= 11 is 3.40. The molecule has 1 saturated carbocycles. The number of amides is 1. The Balaban J connectivity index is 1.81. The van der Waals surface area contributed by atoms with E-state index >= 15 is 0 Å². The highest BCUT2D eigenvalue weighted by atomic mass is 79.9. The third kappa shape index (κ3) is 3.45. The Hall–Kier alpha value is -1.81. The number of nitrogens with two attached hydrogens (primary N) is 1. The van der Waals surface area contributed by atoms with Crippen LogP contribution in [0.25, 0.3) is 0 Å². The zero-order chi connectivity index (χ0) is 14.8. The van der Waals surface area contributed by atoms with E-state index in [1.165, 1.54) is 0 Å². The molecule has 0 aliphatic heterocycles. The van der Waals surface area contributed by atoms with Gasteiger partial charge < -0.3 is 10.6 Å². The Morgan fingerprint density at radius 1 is 1.19 bits per heavy atom. The van der Waals surface area contributed by atoms with E-state index in [2.05, 4.69) is 15.9 Å². The lowest BCUT2D eigenvalue weighted by molar-refractivity contribution is 0.0730. The van der Waals surface area contributed by atoms with Crippen molar-refractivity contribution in [1.29, 1.82) is 0 Å². The quantitative estimate of drug-likeness (QED) is 0.856. The number of carbonyl (C=O) groups is 1. The summed E-state index contributed by atoms with van der Waals surface area (Å²) in [5.74, 6) is 0.0902. The highest BCUT2D eigenvalue weighted by molar-refractivity contribution is 9.10. The highest BCUT2D eigenvalue weighted by Crippen LogP contribution is 2.30. The fourth-order valence-corrected chi connectivity index (χ4v) is 2.66. The van der Waals surface area contributed by atoms with Crippen molar-refractivity contribution in [1.82, 2.24) is 4.90 Å². The van der Waals surface area contributed by atoms with E-state index in [9.17, 15) is 4.79 Å². The monoisotopic (exact) mass is 344 g/mol. The number of benzene rings is 2. The summed E-state index contributed by atoms with van der Waals surface area (Å²) in [6.45, 7) is 0.616. The number of nitrogen functional groups attached to an aromatic ring is 1. The van der Waals surface area contributed by atoms with E-state index in [1.807, 2.05) is 53.4 Å². The van der Waals surface area contributed by atoms with Gasteiger partial charge in [0.25, 0.3) is 5.91 Å². The van der Waals surface area contributed by atoms with E-state index in [4.69, 9.17) is 5.73 Å². The molecule has 21 heavy (non-hydrogen) atoms. The second kappa shape index (κ2) is 5.90. The molecule has 3 rings (SSSR count). The molecule has 1 aliphatic rings. The van der Waals surface area contributed by atoms with E-state index in [1.54, 1.807) is 0 Å². The number of hydrogen-bond acceptors (Lipinski definition) is 2. The maximum Gasteiger partial charge on any atom is 0.254 e. The molecule has 1 aliphatic carbocycles. The average Bonchev–Trinajstić information content (AvgIpc) is 3.29. The molecule has 0 bridgehead atoms. The number of halogens is 1. The molecule has 0 unspecified atom stereocenters. The maximum atomic E-state index is 12.7. The molecule has 2 N–H and O–H groups in total. The van der Waals surface area contributed by atoms with Crippen LogP contribution < -0.4 is 5.73 Å². The summed E-state index contributed by atoms with van der Waals surface area (Å²) in [5.41, 5.74) is 8.36. The molecule has 4 heteroatoms. The van der Waals surface area contributed by atoms with Gasteiger partial charge in [0.15, 0.2) is 0 Å². The molecule has 0 radical (unpaired) electrons. The lowest BCUT2D eigenvalue weighted by Gasteiger charge is -2.23. The van der Waals surface area contributed by atoms with Crippen molar-refractivity contribution < 1.29 is 4.79 Å². The number of anilines is 1. The zero-order valence-corrected chi connectivity index (χ0v) is 13.2. The second-order valence-corrected chi connectivity index (χ2v) is 6.33. The van der Waals surface area contributed by atoms with E-state index < -0.39 is 0 Å². The van der Waals surface area contributed by atoms with Crippen LogP contribution in [0.15, 0.2) is 53.0 Å². The van der Waals surface area contributed by atoms with Gasteiger partial charge >= 0.3 is 0 Å². The zero-order valence-electron chi connectivity index (χ0n) is 11.6. The molecule has 3 nitrogen and oxygen atoms in total. The van der Waals surface area contributed by atoms with Crippen molar-refractivity contribution in [2.75, 3.05) is 5.73 Å². The molecule has 0 aromatic heterocycles. The SMILES string of the molecule is Nc1cccc(CN(C(=O)c2ccc(Br)cc2)C2CC2)c1. The minimum absolute atomic E-state index is 0.0902. The predicted octanol–water partition coefficient (Wildman–Crippen LogP) is 3.84. The van der Waals surface area contributed by atoms with Crippen molar-refractivity contribution in [3.63, 3.8) is 0 Å². The van der Waals surface area contributed by atoms with Crippen LogP contribution in [0.2, 0.25) is 0 Å². The van der Waals surface area contributed by atoms with Crippen LogP contribution in [-0.4, -0.2) is 16.8 Å². The van der Waals surface area contributed by atoms with Gasteiger partial charge in [0.05, 0.1) is 0 Å². The average molecular weight is 345 g/mol. The Labute approximate surface area is 132 Å². The number of carbonyl (C=O) groups excluding carboxylic acids is 1. The molecular weight excluding hydrogens is 328 g/mol. The second-order valence-electron chi connectivity index (χ2n) is 5.42. The first-order valence-electron chi connectivity index (χ1n) is 7.04. The lowest BCUT2D eigenvalue weighted by Crippen LogP contribution is -2.32. The smallest absolute Gasteiger partial charge is 0.254 e. The summed E-state index contributed by atoms with van der Waals surface area (Å²) in [5, 5.41) is 0. The van der Waals surface area contributed by atoms with Crippen LogP contribution in [0.4, 0.5) is 5.69 Å². The van der Waals surface area contributed by atoms with Crippen LogP contribution >= 0.6 is 15.9 Å². The summed E-state index contributed by atoms with van der Waals surface area (Å²) in [6.07, 6.45) is 2.18. The van der Waals surface area contributed by atoms with Gasteiger partial charge in [-0.15, -0.1) is 0 Å². The molecule has 1 fully saturated rings.